The molecule has 20 heteroatoms. The van der Waals surface area contributed by atoms with Crippen LogP contribution in [0.2, 0.25) is 5.02 Å². The van der Waals surface area contributed by atoms with E-state index in [0.717, 1.165) is 34.6 Å². The Hall–Kier alpha value is -5.85. The summed E-state index contributed by atoms with van der Waals surface area (Å²) in [5, 5.41) is 12.7. The highest BCUT2D eigenvalue weighted by atomic mass is 35.5. The molecular formula is C34H28ClF7N8O4. The van der Waals surface area contributed by atoms with E-state index in [2.05, 4.69) is 36.2 Å². The molecule has 0 radical (unpaired) electrons. The first-order chi connectivity index (χ1) is 25.4. The van der Waals surface area contributed by atoms with Crippen molar-refractivity contribution in [3.05, 3.63) is 89.1 Å². The van der Waals surface area contributed by atoms with Gasteiger partial charge in [-0.2, -0.15) is 31.3 Å². The largest absolute Gasteiger partial charge is 0.458 e. The maximum absolute atomic E-state index is 13.2. The Morgan fingerprint density at radius 3 is 2.24 bits per heavy atom. The number of likely N-dealkylation sites (tertiary alicyclic amines) is 1. The van der Waals surface area contributed by atoms with Gasteiger partial charge in [-0.05, 0) is 84.8 Å². The molecule has 2 aliphatic heterocycles. The predicted molar refractivity (Wildman–Crippen MR) is 182 cm³/mol. The zero-order valence-electron chi connectivity index (χ0n) is 27.6. The summed E-state index contributed by atoms with van der Waals surface area (Å²) in [5.41, 5.74) is 4.75. The minimum absolute atomic E-state index is 0.0328. The van der Waals surface area contributed by atoms with Crippen molar-refractivity contribution in [3.8, 4) is 0 Å². The molecule has 2 aliphatic rings. The number of aromatic nitrogens is 3. The van der Waals surface area contributed by atoms with E-state index in [1.165, 1.54) is 30.5 Å². The average molecular weight is 781 g/mol. The first-order valence-corrected chi connectivity index (χ1v) is 16.3. The van der Waals surface area contributed by atoms with Gasteiger partial charge in [-0.15, -0.1) is 0 Å². The van der Waals surface area contributed by atoms with Crippen molar-refractivity contribution in [1.82, 2.24) is 19.9 Å². The summed E-state index contributed by atoms with van der Waals surface area (Å²) in [6, 6.07) is 13.1. The minimum atomic E-state index is -5.77. The normalized spacial score (nSPS) is 15.1. The van der Waals surface area contributed by atoms with Crippen LogP contribution in [0.25, 0.3) is 0 Å². The number of aryl methyl sites for hydroxylation is 2. The number of amides is 3. The second-order valence-corrected chi connectivity index (χ2v) is 12.4. The van der Waals surface area contributed by atoms with Gasteiger partial charge in [0.2, 0.25) is 11.9 Å². The molecule has 284 valence electrons. The molecule has 4 N–H and O–H groups in total. The van der Waals surface area contributed by atoms with E-state index >= 15 is 0 Å². The fraction of sp³-hybridized carbons (Fsp3) is 0.265. The van der Waals surface area contributed by atoms with Crippen LogP contribution in [0.4, 0.5) is 70.0 Å². The summed E-state index contributed by atoms with van der Waals surface area (Å²) < 4.78 is 80.1. The van der Waals surface area contributed by atoms with Gasteiger partial charge in [0.25, 0.3) is 0 Å². The van der Waals surface area contributed by atoms with Gasteiger partial charge >= 0.3 is 30.0 Å². The van der Waals surface area contributed by atoms with Gasteiger partial charge in [0, 0.05) is 42.8 Å². The number of nitrogens with one attached hydrogen (secondary N) is 4. The van der Waals surface area contributed by atoms with E-state index in [1.54, 1.807) is 11.1 Å². The standard InChI is InChI=1S/C30H28ClFN8O2.C4F6O2/c31-25-16-34-29-36-24-11-18(14-33-15-24)1-2-20-13-23(35-28(25)39-29)7-8-26(20)38-27(41)12-19-9-10-40(17-19)30(42)37-22-5-3-21(32)4-6-22;5-3(6,7)1(11)2(12)4(8,9)10/h3-8,11,13-16,19H,1-2,9-10,12,17H2,(H,37,42)(H,38,41)(H2,34,35,36,39);/t19-;/m1./s1. The molecule has 2 aromatic carbocycles. The van der Waals surface area contributed by atoms with Crippen LogP contribution in [-0.2, 0) is 27.2 Å². The number of halogens is 8. The highest BCUT2D eigenvalue weighted by Gasteiger charge is 2.54. The van der Waals surface area contributed by atoms with Gasteiger partial charge in [0.15, 0.2) is 5.82 Å². The Morgan fingerprint density at radius 2 is 1.56 bits per heavy atom. The molecule has 6 rings (SSSR count). The first-order valence-electron chi connectivity index (χ1n) is 15.9. The van der Waals surface area contributed by atoms with Crippen LogP contribution in [0.15, 0.2) is 67.1 Å². The molecule has 54 heavy (non-hydrogen) atoms. The van der Waals surface area contributed by atoms with Gasteiger partial charge in [-0.25, -0.2) is 14.2 Å². The van der Waals surface area contributed by atoms with Crippen LogP contribution < -0.4 is 21.3 Å². The van der Waals surface area contributed by atoms with Gasteiger partial charge in [0.05, 0.1) is 18.1 Å². The second kappa shape index (κ2) is 16.4. The molecule has 4 aromatic rings. The molecule has 1 saturated heterocycles. The van der Waals surface area contributed by atoms with Crippen LogP contribution in [0, 0.1) is 11.7 Å². The number of carbonyl (C=O) groups is 4. The van der Waals surface area contributed by atoms with E-state index in [0.29, 0.717) is 48.4 Å². The highest BCUT2D eigenvalue weighted by Crippen LogP contribution is 2.30. The number of urea groups is 1. The van der Waals surface area contributed by atoms with Crippen LogP contribution >= 0.6 is 11.6 Å². The first kappa shape index (κ1) is 39.4. The van der Waals surface area contributed by atoms with E-state index in [1.807, 2.05) is 30.5 Å². The van der Waals surface area contributed by atoms with E-state index in [-0.39, 0.29) is 30.1 Å². The van der Waals surface area contributed by atoms with Crippen LogP contribution in [0.3, 0.4) is 0 Å². The molecular weight excluding hydrogens is 753 g/mol. The van der Waals surface area contributed by atoms with Gasteiger partial charge in [0.1, 0.15) is 10.8 Å². The van der Waals surface area contributed by atoms with Crippen molar-refractivity contribution in [2.24, 2.45) is 5.92 Å². The third kappa shape index (κ3) is 10.6. The summed E-state index contributed by atoms with van der Waals surface area (Å²) >= 11 is 6.36. The summed E-state index contributed by atoms with van der Waals surface area (Å²) in [6.07, 6.45) is -4.12. The number of carbonyl (C=O) groups excluding carboxylic acids is 4. The fourth-order valence-electron chi connectivity index (χ4n) is 5.39. The van der Waals surface area contributed by atoms with Gasteiger partial charge < -0.3 is 26.2 Å². The van der Waals surface area contributed by atoms with Crippen molar-refractivity contribution >= 4 is 69.6 Å². The Balaban J connectivity index is 0.000000404. The lowest BCUT2D eigenvalue weighted by Crippen LogP contribution is -2.39. The lowest BCUT2D eigenvalue weighted by Gasteiger charge is -2.18. The SMILES string of the molecule is O=C(C(=O)C(F)(F)F)C(F)(F)F.O=C(C[C@H]1CCN(C(=O)Nc2ccc(F)cc2)C1)Nc1ccc2cc1CCc1cncc(c1)Nc1ncc(Cl)c(n1)N2. The molecule has 0 saturated carbocycles. The molecule has 1 fully saturated rings. The van der Waals surface area contributed by atoms with Gasteiger partial charge in [-0.3, -0.25) is 19.4 Å². The molecule has 0 spiro atoms. The van der Waals surface area contributed by atoms with Crippen LogP contribution in [-0.4, -0.2) is 68.8 Å². The summed E-state index contributed by atoms with van der Waals surface area (Å²) in [5.74, 6) is -6.42. The highest BCUT2D eigenvalue weighted by molar-refractivity contribution is 6.41. The molecule has 6 bridgehead atoms. The number of hydrogen-bond acceptors (Lipinski definition) is 9. The number of rotatable bonds is 5. The topological polar surface area (TPSA) is 158 Å². The van der Waals surface area contributed by atoms with E-state index in [4.69, 9.17) is 11.6 Å². The summed E-state index contributed by atoms with van der Waals surface area (Å²) in [6.45, 7) is 1.01. The molecule has 0 aliphatic carbocycles. The lowest BCUT2D eigenvalue weighted by atomic mass is 10.0. The number of benzene rings is 2. The average Bonchev–Trinajstić information content (AvgIpc) is 3.58. The predicted octanol–water partition coefficient (Wildman–Crippen LogP) is 7.38. The monoisotopic (exact) mass is 780 g/mol. The number of alkyl halides is 6. The van der Waals surface area contributed by atoms with Crippen molar-refractivity contribution < 1.29 is 49.9 Å². The third-order valence-electron chi connectivity index (χ3n) is 7.98. The number of ketones is 2. The number of anilines is 6. The summed E-state index contributed by atoms with van der Waals surface area (Å²) in [4.78, 5) is 59.8. The molecule has 3 amide bonds. The van der Waals surface area contributed by atoms with Crippen LogP contribution in [0.1, 0.15) is 24.0 Å². The van der Waals surface area contributed by atoms with Crippen molar-refractivity contribution in [2.45, 2.75) is 38.0 Å². The number of fused-ring (bicyclic) bond motifs is 6. The lowest BCUT2D eigenvalue weighted by molar-refractivity contribution is -0.193. The third-order valence-corrected chi connectivity index (χ3v) is 8.26. The number of Topliss-reactive ketones (excluding diaryl/α,β-unsaturated/α-hetero) is 2. The Morgan fingerprint density at radius 1 is 0.852 bits per heavy atom. The number of nitrogens with zero attached hydrogens (tertiary/aromatic N) is 4. The fourth-order valence-corrected chi connectivity index (χ4v) is 5.53. The quantitative estimate of drug-likeness (QED) is 0.120. The molecule has 12 nitrogen and oxygen atoms in total. The maximum atomic E-state index is 13.2. The van der Waals surface area contributed by atoms with Crippen molar-refractivity contribution in [3.63, 3.8) is 0 Å². The Labute approximate surface area is 306 Å². The Bertz CT molecular complexity index is 2020. The number of hydrogen-bond donors (Lipinski definition) is 4. The summed E-state index contributed by atoms with van der Waals surface area (Å²) in [7, 11) is 0. The zero-order valence-corrected chi connectivity index (χ0v) is 28.4. The molecule has 0 unspecified atom stereocenters. The minimum Gasteiger partial charge on any atom is -0.339 e. The molecule has 4 heterocycles. The maximum Gasteiger partial charge on any atom is 0.458 e. The molecule has 2 aromatic heterocycles. The van der Waals surface area contributed by atoms with E-state index in [9.17, 15) is 49.9 Å². The second-order valence-electron chi connectivity index (χ2n) is 12.0. The zero-order chi connectivity index (χ0) is 39.2. The Kier molecular flexibility index (Phi) is 12.0. The van der Waals surface area contributed by atoms with Crippen molar-refractivity contribution in [1.29, 1.82) is 0 Å². The van der Waals surface area contributed by atoms with Gasteiger partial charge in [-0.1, -0.05) is 11.6 Å². The smallest absolute Gasteiger partial charge is 0.339 e. The number of pyridine rings is 1. The van der Waals surface area contributed by atoms with Crippen LogP contribution in [0.5, 0.6) is 0 Å². The van der Waals surface area contributed by atoms with Crippen molar-refractivity contribution in [2.75, 3.05) is 34.4 Å². The van der Waals surface area contributed by atoms with E-state index < -0.39 is 23.9 Å². The molecule has 1 atom stereocenters.